The van der Waals surface area contributed by atoms with Gasteiger partial charge in [0.1, 0.15) is 18.3 Å². The Morgan fingerprint density at radius 2 is 1.69 bits per heavy atom. The molecular formula is C6H14ClNO5. The second kappa shape index (κ2) is 5.06. The molecule has 1 aliphatic rings. The minimum absolute atomic E-state index is 0. The van der Waals surface area contributed by atoms with Crippen LogP contribution >= 0.6 is 12.4 Å². The van der Waals surface area contributed by atoms with Crippen molar-refractivity contribution < 1.29 is 25.2 Å². The highest BCUT2D eigenvalue weighted by molar-refractivity contribution is 5.85. The molecular weight excluding hydrogens is 202 g/mol. The first-order chi connectivity index (χ1) is 5.57. The van der Waals surface area contributed by atoms with Gasteiger partial charge in [-0.25, -0.2) is 0 Å². The monoisotopic (exact) mass is 215 g/mol. The van der Waals surface area contributed by atoms with Gasteiger partial charge in [-0.2, -0.15) is 0 Å². The molecule has 0 aromatic heterocycles. The van der Waals surface area contributed by atoms with Crippen molar-refractivity contribution in [1.29, 1.82) is 0 Å². The summed E-state index contributed by atoms with van der Waals surface area (Å²) in [6.45, 7) is -0.470. The molecule has 0 amide bonds. The normalized spacial score (nSPS) is 45.5. The van der Waals surface area contributed by atoms with E-state index in [1.54, 1.807) is 0 Å². The topological polar surface area (TPSA) is 116 Å². The van der Waals surface area contributed by atoms with Gasteiger partial charge in [-0.05, 0) is 0 Å². The molecule has 1 fully saturated rings. The lowest BCUT2D eigenvalue weighted by molar-refractivity contribution is -0.248. The zero-order chi connectivity index (χ0) is 9.30. The minimum atomic E-state index is -1.35. The van der Waals surface area contributed by atoms with Crippen LogP contribution in [0.4, 0.5) is 0 Å². The van der Waals surface area contributed by atoms with Gasteiger partial charge in [0, 0.05) is 0 Å². The number of ether oxygens (including phenoxy) is 1. The number of nitrogens with two attached hydrogens (primary N) is 1. The van der Waals surface area contributed by atoms with E-state index in [9.17, 15) is 10.2 Å². The van der Waals surface area contributed by atoms with Crippen LogP contribution in [0.2, 0.25) is 0 Å². The van der Waals surface area contributed by atoms with E-state index in [2.05, 4.69) is 0 Å². The molecule has 0 aromatic carbocycles. The zero-order valence-corrected chi connectivity index (χ0v) is 7.59. The van der Waals surface area contributed by atoms with E-state index in [4.69, 9.17) is 20.7 Å². The van der Waals surface area contributed by atoms with Crippen LogP contribution < -0.4 is 5.73 Å². The van der Waals surface area contributed by atoms with Crippen molar-refractivity contribution in [3.63, 3.8) is 0 Å². The number of hydrogen-bond donors (Lipinski definition) is 5. The van der Waals surface area contributed by atoms with Crippen molar-refractivity contribution in [2.45, 2.75) is 30.6 Å². The molecule has 7 heteroatoms. The van der Waals surface area contributed by atoms with Gasteiger partial charge in [0.15, 0.2) is 6.29 Å². The summed E-state index contributed by atoms with van der Waals surface area (Å²) in [5, 5.41) is 36.1. The summed E-state index contributed by atoms with van der Waals surface area (Å²) < 4.78 is 4.70. The highest BCUT2D eigenvalue weighted by Gasteiger charge is 2.41. The van der Waals surface area contributed by atoms with Crippen LogP contribution in [-0.4, -0.2) is 57.7 Å². The SMILES string of the molecule is Cl.N[C@@H]1C(O)O[C@@H](CO)[C@H](O)[C@H]1O. The van der Waals surface area contributed by atoms with E-state index in [1.165, 1.54) is 0 Å². The Bertz CT molecular complexity index is 155. The Morgan fingerprint density at radius 1 is 1.15 bits per heavy atom. The summed E-state index contributed by atoms with van der Waals surface area (Å²) in [6, 6.07) is -1.04. The number of hydrogen-bond acceptors (Lipinski definition) is 6. The molecule has 0 saturated carbocycles. The fourth-order valence-corrected chi connectivity index (χ4v) is 1.12. The van der Waals surface area contributed by atoms with Crippen LogP contribution in [0.1, 0.15) is 0 Å². The molecule has 1 unspecified atom stereocenters. The Kier molecular flexibility index (Phi) is 5.08. The lowest BCUT2D eigenvalue weighted by Crippen LogP contribution is -2.61. The molecule has 80 valence electrons. The van der Waals surface area contributed by atoms with E-state index in [0.717, 1.165) is 0 Å². The predicted molar refractivity (Wildman–Crippen MR) is 45.2 cm³/mol. The average molecular weight is 216 g/mol. The molecule has 5 atom stereocenters. The van der Waals surface area contributed by atoms with Crippen molar-refractivity contribution in [3.05, 3.63) is 0 Å². The Morgan fingerprint density at radius 3 is 2.15 bits per heavy atom. The largest absolute Gasteiger partial charge is 0.394 e. The Hall–Kier alpha value is 0.0500. The molecule has 1 heterocycles. The van der Waals surface area contributed by atoms with Crippen LogP contribution in [0, 0.1) is 0 Å². The molecule has 6 N–H and O–H groups in total. The molecule has 0 radical (unpaired) electrons. The maximum absolute atomic E-state index is 9.20. The van der Waals surface area contributed by atoms with Crippen molar-refractivity contribution in [2.75, 3.05) is 6.61 Å². The van der Waals surface area contributed by atoms with Crippen molar-refractivity contribution in [3.8, 4) is 0 Å². The number of halogens is 1. The lowest BCUT2D eigenvalue weighted by Gasteiger charge is -2.38. The molecule has 1 saturated heterocycles. The Labute approximate surface area is 81.3 Å². The van der Waals surface area contributed by atoms with Gasteiger partial charge in [-0.1, -0.05) is 0 Å². The van der Waals surface area contributed by atoms with E-state index in [-0.39, 0.29) is 12.4 Å². The van der Waals surface area contributed by atoms with Crippen molar-refractivity contribution in [2.24, 2.45) is 5.73 Å². The van der Waals surface area contributed by atoms with E-state index < -0.39 is 37.3 Å². The Balaban J connectivity index is 0.00000144. The minimum Gasteiger partial charge on any atom is -0.394 e. The fraction of sp³-hybridized carbons (Fsp3) is 1.00. The third-order valence-corrected chi connectivity index (χ3v) is 1.95. The van der Waals surface area contributed by atoms with Gasteiger partial charge < -0.3 is 30.9 Å². The van der Waals surface area contributed by atoms with Crippen LogP contribution in [0.25, 0.3) is 0 Å². The van der Waals surface area contributed by atoms with Crippen LogP contribution in [-0.2, 0) is 4.74 Å². The van der Waals surface area contributed by atoms with Crippen molar-refractivity contribution >= 4 is 12.4 Å². The summed E-state index contributed by atoms with van der Waals surface area (Å²) in [4.78, 5) is 0. The van der Waals surface area contributed by atoms with E-state index in [0.29, 0.717) is 0 Å². The predicted octanol–water partition coefficient (Wildman–Crippen LogP) is -2.83. The molecule has 13 heavy (non-hydrogen) atoms. The van der Waals surface area contributed by atoms with Crippen LogP contribution in [0.5, 0.6) is 0 Å². The second-order valence-electron chi connectivity index (χ2n) is 2.81. The van der Waals surface area contributed by atoms with E-state index in [1.807, 2.05) is 0 Å². The van der Waals surface area contributed by atoms with Gasteiger partial charge >= 0.3 is 0 Å². The lowest BCUT2D eigenvalue weighted by atomic mass is 9.98. The maximum atomic E-state index is 9.20. The van der Waals surface area contributed by atoms with Gasteiger partial charge in [0.2, 0.25) is 0 Å². The molecule has 1 aliphatic heterocycles. The van der Waals surface area contributed by atoms with Crippen LogP contribution in [0.3, 0.4) is 0 Å². The molecule has 0 aromatic rings. The van der Waals surface area contributed by atoms with E-state index >= 15 is 0 Å². The van der Waals surface area contributed by atoms with Gasteiger partial charge in [0.25, 0.3) is 0 Å². The highest BCUT2D eigenvalue weighted by Crippen LogP contribution is 2.17. The summed E-state index contributed by atoms with van der Waals surface area (Å²) in [6.07, 6.45) is -4.85. The first kappa shape index (κ1) is 13.1. The fourth-order valence-electron chi connectivity index (χ4n) is 1.12. The first-order valence-corrected chi connectivity index (χ1v) is 3.64. The smallest absolute Gasteiger partial charge is 0.173 e. The standard InChI is InChI=1S/C6H13NO5.ClH/c7-3-5(10)4(9)2(1-8)12-6(3)11;/h2-6,8-11H,1,7H2;1H/t2-,3-,4-,5-,6?;/m0./s1. The summed E-state index contributed by atoms with van der Waals surface area (Å²) >= 11 is 0. The summed E-state index contributed by atoms with van der Waals surface area (Å²) in [5.74, 6) is 0. The maximum Gasteiger partial charge on any atom is 0.173 e. The molecule has 1 rings (SSSR count). The average Bonchev–Trinajstić information content (AvgIpc) is 2.08. The zero-order valence-electron chi connectivity index (χ0n) is 6.78. The number of aliphatic hydroxyl groups is 4. The third kappa shape index (κ3) is 2.50. The number of aliphatic hydroxyl groups excluding tert-OH is 4. The second-order valence-corrected chi connectivity index (χ2v) is 2.81. The highest BCUT2D eigenvalue weighted by atomic mass is 35.5. The quantitative estimate of drug-likeness (QED) is 0.322. The molecule has 0 bridgehead atoms. The summed E-state index contributed by atoms with van der Waals surface area (Å²) in [7, 11) is 0. The molecule has 6 nitrogen and oxygen atoms in total. The third-order valence-electron chi connectivity index (χ3n) is 1.95. The number of rotatable bonds is 1. The molecule has 0 aliphatic carbocycles. The van der Waals surface area contributed by atoms with Gasteiger partial charge in [0.05, 0.1) is 12.6 Å². The van der Waals surface area contributed by atoms with Gasteiger partial charge in [-0.3, -0.25) is 0 Å². The van der Waals surface area contributed by atoms with Gasteiger partial charge in [-0.15, -0.1) is 12.4 Å². The summed E-state index contributed by atoms with van der Waals surface area (Å²) in [5.41, 5.74) is 5.26. The first-order valence-electron chi connectivity index (χ1n) is 3.64. The molecule has 0 spiro atoms. The van der Waals surface area contributed by atoms with Crippen LogP contribution in [0.15, 0.2) is 0 Å². The van der Waals surface area contributed by atoms with Crippen molar-refractivity contribution in [1.82, 2.24) is 0 Å².